The molecule has 0 aliphatic carbocycles. The number of benzene rings is 2. The predicted molar refractivity (Wildman–Crippen MR) is 116 cm³/mol. The molecular formula is C20H20N4O4S. The van der Waals surface area contributed by atoms with Gasteiger partial charge in [0.25, 0.3) is 5.69 Å². The van der Waals surface area contributed by atoms with Crippen molar-refractivity contribution in [3.63, 3.8) is 0 Å². The van der Waals surface area contributed by atoms with Crippen LogP contribution in [0.1, 0.15) is 19.4 Å². The lowest BCUT2D eigenvalue weighted by Crippen LogP contribution is -2.32. The molecule has 0 aliphatic heterocycles. The van der Waals surface area contributed by atoms with Gasteiger partial charge < -0.3 is 10.6 Å². The van der Waals surface area contributed by atoms with E-state index in [-0.39, 0.29) is 22.6 Å². The number of hydrogen-bond acceptors (Lipinski definition) is 5. The van der Waals surface area contributed by atoms with Crippen LogP contribution in [-0.4, -0.2) is 21.9 Å². The van der Waals surface area contributed by atoms with Crippen molar-refractivity contribution in [1.82, 2.24) is 5.32 Å². The van der Waals surface area contributed by atoms with Gasteiger partial charge in [-0.2, -0.15) is 0 Å². The van der Waals surface area contributed by atoms with Gasteiger partial charge in [0.1, 0.15) is 0 Å². The van der Waals surface area contributed by atoms with Gasteiger partial charge in [-0.25, -0.2) is 0 Å². The molecule has 2 aromatic rings. The molecular weight excluding hydrogens is 392 g/mol. The van der Waals surface area contributed by atoms with E-state index < -0.39 is 10.8 Å². The van der Waals surface area contributed by atoms with Crippen LogP contribution in [0, 0.1) is 16.0 Å². The van der Waals surface area contributed by atoms with Gasteiger partial charge in [-0.3, -0.25) is 25.0 Å². The van der Waals surface area contributed by atoms with E-state index in [2.05, 4.69) is 16.0 Å². The highest BCUT2D eigenvalue weighted by molar-refractivity contribution is 7.80. The van der Waals surface area contributed by atoms with Crippen LogP contribution >= 0.6 is 12.2 Å². The van der Waals surface area contributed by atoms with E-state index in [4.69, 9.17) is 12.2 Å². The largest absolute Gasteiger partial charge is 0.332 e. The Morgan fingerprint density at radius 2 is 1.72 bits per heavy atom. The molecule has 0 aromatic heterocycles. The van der Waals surface area contributed by atoms with E-state index >= 15 is 0 Å². The molecule has 0 radical (unpaired) electrons. The minimum absolute atomic E-state index is 0.0609. The van der Waals surface area contributed by atoms with Gasteiger partial charge in [-0.15, -0.1) is 0 Å². The van der Waals surface area contributed by atoms with Gasteiger partial charge in [0.2, 0.25) is 11.8 Å². The molecule has 0 heterocycles. The summed E-state index contributed by atoms with van der Waals surface area (Å²) in [6.07, 6.45) is 2.68. The van der Waals surface area contributed by atoms with Crippen molar-refractivity contribution in [2.75, 3.05) is 10.6 Å². The first-order valence-corrected chi connectivity index (χ1v) is 9.11. The van der Waals surface area contributed by atoms with Crippen molar-refractivity contribution >= 4 is 52.3 Å². The molecule has 8 nitrogen and oxygen atoms in total. The number of carbonyl (C=O) groups is 2. The van der Waals surface area contributed by atoms with E-state index in [1.54, 1.807) is 44.2 Å². The average Bonchev–Trinajstić information content (AvgIpc) is 2.66. The Bertz CT molecular complexity index is 972. The summed E-state index contributed by atoms with van der Waals surface area (Å²) in [5, 5.41) is 19.0. The normalized spacial score (nSPS) is 10.6. The lowest BCUT2D eigenvalue weighted by atomic mass is 10.2. The summed E-state index contributed by atoms with van der Waals surface area (Å²) in [4.78, 5) is 34.1. The minimum atomic E-state index is -0.506. The summed E-state index contributed by atoms with van der Waals surface area (Å²) in [5.74, 6) is -0.743. The second-order valence-corrected chi connectivity index (χ2v) is 6.76. The van der Waals surface area contributed by atoms with E-state index in [0.29, 0.717) is 16.9 Å². The molecule has 0 unspecified atom stereocenters. The van der Waals surface area contributed by atoms with Crippen LogP contribution in [0.15, 0.2) is 54.6 Å². The number of non-ortho nitro benzene ring substituents is 1. The van der Waals surface area contributed by atoms with Gasteiger partial charge >= 0.3 is 0 Å². The van der Waals surface area contributed by atoms with Crippen LogP contribution in [0.5, 0.6) is 0 Å². The number of amides is 2. The molecule has 2 rings (SSSR count). The van der Waals surface area contributed by atoms with E-state index in [1.165, 1.54) is 30.4 Å². The van der Waals surface area contributed by atoms with Crippen molar-refractivity contribution < 1.29 is 14.5 Å². The van der Waals surface area contributed by atoms with Crippen LogP contribution < -0.4 is 16.0 Å². The first kappa shape index (κ1) is 21.7. The van der Waals surface area contributed by atoms with Gasteiger partial charge in [0.05, 0.1) is 4.92 Å². The Hall–Kier alpha value is -3.59. The highest BCUT2D eigenvalue weighted by Crippen LogP contribution is 2.16. The predicted octanol–water partition coefficient (Wildman–Crippen LogP) is 3.72. The summed E-state index contributed by atoms with van der Waals surface area (Å²) in [5.41, 5.74) is 1.66. The Kier molecular flexibility index (Phi) is 7.55. The summed E-state index contributed by atoms with van der Waals surface area (Å²) in [7, 11) is 0. The monoisotopic (exact) mass is 412 g/mol. The van der Waals surface area contributed by atoms with Crippen molar-refractivity contribution in [1.29, 1.82) is 0 Å². The molecule has 150 valence electrons. The van der Waals surface area contributed by atoms with Crippen molar-refractivity contribution in [2.24, 2.45) is 5.92 Å². The molecule has 0 spiro atoms. The molecule has 0 aliphatic rings. The average molecular weight is 412 g/mol. The Morgan fingerprint density at radius 1 is 1.07 bits per heavy atom. The van der Waals surface area contributed by atoms with Gasteiger partial charge in [0, 0.05) is 35.5 Å². The number of nitrogens with one attached hydrogen (secondary N) is 3. The molecule has 0 fully saturated rings. The zero-order chi connectivity index (χ0) is 21.4. The molecule has 0 saturated carbocycles. The smallest absolute Gasteiger partial charge is 0.270 e. The molecule has 0 bridgehead atoms. The van der Waals surface area contributed by atoms with Gasteiger partial charge in [0.15, 0.2) is 5.11 Å². The molecule has 2 amide bonds. The summed E-state index contributed by atoms with van der Waals surface area (Å²) >= 11 is 5.12. The molecule has 0 saturated heterocycles. The number of nitrogens with zero attached hydrogens (tertiary/aromatic N) is 1. The van der Waals surface area contributed by atoms with Crippen LogP contribution in [0.25, 0.3) is 6.08 Å². The van der Waals surface area contributed by atoms with Crippen molar-refractivity contribution in [3.8, 4) is 0 Å². The first-order chi connectivity index (χ1) is 13.7. The number of hydrogen-bond donors (Lipinski definition) is 3. The highest BCUT2D eigenvalue weighted by atomic mass is 32.1. The summed E-state index contributed by atoms with van der Waals surface area (Å²) in [6.45, 7) is 3.59. The van der Waals surface area contributed by atoms with Gasteiger partial charge in [-0.05, 0) is 42.1 Å². The Balaban J connectivity index is 1.93. The third-order valence-corrected chi connectivity index (χ3v) is 3.86. The topological polar surface area (TPSA) is 113 Å². The van der Waals surface area contributed by atoms with E-state index in [9.17, 15) is 19.7 Å². The summed E-state index contributed by atoms with van der Waals surface area (Å²) in [6, 6.07) is 12.8. The molecule has 29 heavy (non-hydrogen) atoms. The second kappa shape index (κ2) is 10.1. The van der Waals surface area contributed by atoms with Crippen LogP contribution in [-0.2, 0) is 9.59 Å². The van der Waals surface area contributed by atoms with E-state index in [0.717, 1.165) is 0 Å². The van der Waals surface area contributed by atoms with Crippen LogP contribution in [0.4, 0.5) is 17.1 Å². The third-order valence-electron chi connectivity index (χ3n) is 3.66. The maximum atomic E-state index is 12.0. The van der Waals surface area contributed by atoms with Gasteiger partial charge in [-0.1, -0.05) is 32.0 Å². The Labute approximate surface area is 173 Å². The zero-order valence-electron chi connectivity index (χ0n) is 15.8. The Morgan fingerprint density at radius 3 is 2.38 bits per heavy atom. The number of thiocarbonyl (C=S) groups is 1. The first-order valence-electron chi connectivity index (χ1n) is 8.70. The van der Waals surface area contributed by atoms with E-state index in [1.807, 2.05) is 0 Å². The zero-order valence-corrected chi connectivity index (χ0v) is 16.7. The number of nitro benzene ring substituents is 1. The fraction of sp³-hybridized carbons (Fsp3) is 0.150. The van der Waals surface area contributed by atoms with Crippen molar-refractivity contribution in [3.05, 3.63) is 70.3 Å². The summed E-state index contributed by atoms with van der Waals surface area (Å²) < 4.78 is 0. The quantitative estimate of drug-likeness (QED) is 0.288. The highest BCUT2D eigenvalue weighted by Gasteiger charge is 2.08. The van der Waals surface area contributed by atoms with Crippen molar-refractivity contribution in [2.45, 2.75) is 13.8 Å². The third kappa shape index (κ3) is 7.15. The second-order valence-electron chi connectivity index (χ2n) is 6.35. The molecule has 0 atom stereocenters. The fourth-order valence-electron chi connectivity index (χ4n) is 2.19. The standard InChI is InChI=1S/C20H20N4O4S/c1-13(2)19(26)21-15-6-4-7-16(12-15)22-20(29)23-18(25)10-9-14-5-3-8-17(11-14)24(27)28/h3-13H,1-2H3,(H,21,26)(H2,22,23,25,29)/b10-9+. The minimum Gasteiger partial charge on any atom is -0.332 e. The molecule has 3 N–H and O–H groups in total. The van der Waals surface area contributed by atoms with Crippen LogP contribution in [0.2, 0.25) is 0 Å². The maximum absolute atomic E-state index is 12.0. The maximum Gasteiger partial charge on any atom is 0.270 e. The number of anilines is 2. The lowest BCUT2D eigenvalue weighted by molar-refractivity contribution is -0.384. The number of rotatable bonds is 6. The SMILES string of the molecule is CC(C)C(=O)Nc1cccc(NC(=S)NC(=O)/C=C/c2cccc([N+](=O)[O-])c2)c1. The van der Waals surface area contributed by atoms with Crippen LogP contribution in [0.3, 0.4) is 0 Å². The number of carbonyl (C=O) groups excluding carboxylic acids is 2. The lowest BCUT2D eigenvalue weighted by Gasteiger charge is -2.11. The molecule has 2 aromatic carbocycles. The molecule has 9 heteroatoms. The fourth-order valence-corrected chi connectivity index (χ4v) is 2.41. The number of nitro groups is 1.